The van der Waals surface area contributed by atoms with Gasteiger partial charge in [0.25, 0.3) is 0 Å². The van der Waals surface area contributed by atoms with Crippen molar-refractivity contribution in [3.63, 3.8) is 0 Å². The topological polar surface area (TPSA) is 74.2 Å². The van der Waals surface area contributed by atoms with Gasteiger partial charge in [0.1, 0.15) is 17.8 Å². The molecule has 4 rings (SSSR count). The number of carbonyl (C=O) groups is 1. The highest BCUT2D eigenvalue weighted by atomic mass is 32.1. The fourth-order valence-corrected chi connectivity index (χ4v) is 3.99. The van der Waals surface area contributed by atoms with E-state index in [9.17, 15) is 18.0 Å². The van der Waals surface area contributed by atoms with Crippen molar-refractivity contribution in [1.29, 1.82) is 0 Å². The minimum absolute atomic E-state index is 0.0485. The maximum Gasteiger partial charge on any atom is 0.433 e. The van der Waals surface area contributed by atoms with E-state index in [-0.39, 0.29) is 18.1 Å². The molecule has 1 saturated carbocycles. The fourth-order valence-electron chi connectivity index (χ4n) is 3.47. The largest absolute Gasteiger partial charge is 0.433 e. The van der Waals surface area contributed by atoms with E-state index < -0.39 is 11.9 Å². The number of amides is 2. The predicted molar refractivity (Wildman–Crippen MR) is 98.3 cm³/mol. The number of hydrogen-bond donors (Lipinski definition) is 1. The third-order valence-corrected chi connectivity index (χ3v) is 5.63. The molecule has 2 fully saturated rings. The van der Waals surface area contributed by atoms with Gasteiger partial charge in [-0.3, -0.25) is 5.32 Å². The van der Waals surface area contributed by atoms with Gasteiger partial charge in [-0.05, 0) is 25.7 Å². The number of carbonyl (C=O) groups excluding carboxylic acids is 1. The van der Waals surface area contributed by atoms with E-state index in [0.29, 0.717) is 36.9 Å². The second kappa shape index (κ2) is 7.53. The summed E-state index contributed by atoms with van der Waals surface area (Å²) in [4.78, 5) is 27.5. The number of alkyl halides is 3. The average molecular weight is 412 g/mol. The van der Waals surface area contributed by atoms with Crippen molar-refractivity contribution >= 4 is 28.3 Å². The molecule has 11 heteroatoms. The van der Waals surface area contributed by atoms with E-state index >= 15 is 0 Å². The van der Waals surface area contributed by atoms with E-state index in [0.717, 1.165) is 25.2 Å². The van der Waals surface area contributed by atoms with Crippen LogP contribution in [-0.4, -0.2) is 51.1 Å². The Bertz CT molecular complexity index is 819. The molecule has 1 N–H and O–H groups in total. The number of likely N-dealkylation sites (tertiary alicyclic amines) is 1. The summed E-state index contributed by atoms with van der Waals surface area (Å²) < 4.78 is 39.1. The third-order valence-electron chi connectivity index (χ3n) is 4.94. The fraction of sp³-hybridized carbons (Fsp3) is 0.529. The zero-order valence-corrected chi connectivity index (χ0v) is 15.7. The number of hydrogen-bond acceptors (Lipinski definition) is 6. The number of urea groups is 1. The molecule has 1 aliphatic heterocycles. The van der Waals surface area contributed by atoms with Crippen LogP contribution in [0.3, 0.4) is 0 Å². The van der Waals surface area contributed by atoms with Crippen molar-refractivity contribution in [3.05, 3.63) is 29.7 Å². The molecule has 7 nitrogen and oxygen atoms in total. The normalized spacial score (nSPS) is 18.2. The van der Waals surface area contributed by atoms with Crippen LogP contribution in [0.5, 0.6) is 0 Å². The number of halogens is 3. The summed E-state index contributed by atoms with van der Waals surface area (Å²) in [5.41, 5.74) is -0.927. The van der Waals surface area contributed by atoms with Crippen LogP contribution >= 0.6 is 11.3 Å². The zero-order valence-electron chi connectivity index (χ0n) is 14.9. The van der Waals surface area contributed by atoms with Gasteiger partial charge < -0.3 is 9.80 Å². The van der Waals surface area contributed by atoms with Crippen LogP contribution in [0.1, 0.15) is 31.4 Å². The van der Waals surface area contributed by atoms with E-state index in [1.54, 1.807) is 16.5 Å². The molecule has 0 aromatic carbocycles. The lowest BCUT2D eigenvalue weighted by Gasteiger charge is -2.39. The summed E-state index contributed by atoms with van der Waals surface area (Å²) in [7, 11) is 0. The number of nitrogens with zero attached hydrogens (tertiary/aromatic N) is 5. The van der Waals surface area contributed by atoms with Gasteiger partial charge >= 0.3 is 12.2 Å². The Labute approximate surface area is 163 Å². The summed E-state index contributed by atoms with van der Waals surface area (Å²) in [5.74, 6) is 0.315. The number of anilines is 2. The molecule has 2 amide bonds. The molecule has 0 atom stereocenters. The Balaban J connectivity index is 1.43. The van der Waals surface area contributed by atoms with Crippen LogP contribution in [0.25, 0.3) is 0 Å². The molecule has 0 radical (unpaired) electrons. The summed E-state index contributed by atoms with van der Waals surface area (Å²) >= 11 is 1.35. The smallest absolute Gasteiger partial charge is 0.350 e. The Morgan fingerprint density at radius 1 is 1.14 bits per heavy atom. The first-order valence-corrected chi connectivity index (χ1v) is 9.93. The Hall–Kier alpha value is -2.43. The molecule has 2 aromatic rings. The van der Waals surface area contributed by atoms with E-state index in [4.69, 9.17) is 0 Å². The first kappa shape index (κ1) is 18.9. The second-order valence-corrected chi connectivity index (χ2v) is 7.78. The molecule has 0 bridgehead atoms. The highest BCUT2D eigenvalue weighted by Gasteiger charge is 2.39. The minimum atomic E-state index is -4.50. The highest BCUT2D eigenvalue weighted by Crippen LogP contribution is 2.37. The van der Waals surface area contributed by atoms with Crippen LogP contribution in [0.4, 0.5) is 28.9 Å². The molecule has 1 aliphatic carbocycles. The van der Waals surface area contributed by atoms with Crippen molar-refractivity contribution in [2.45, 2.75) is 43.9 Å². The molecule has 150 valence electrons. The maximum absolute atomic E-state index is 13.0. The lowest BCUT2D eigenvalue weighted by molar-refractivity contribution is -0.141. The van der Waals surface area contributed by atoms with Gasteiger partial charge in [-0.1, -0.05) is 0 Å². The van der Waals surface area contributed by atoms with Gasteiger partial charge in [-0.25, -0.2) is 19.7 Å². The monoisotopic (exact) mass is 412 g/mol. The Morgan fingerprint density at radius 2 is 1.86 bits per heavy atom. The van der Waals surface area contributed by atoms with Crippen molar-refractivity contribution in [3.8, 4) is 0 Å². The number of piperidine rings is 1. The van der Waals surface area contributed by atoms with Gasteiger partial charge in [0.15, 0.2) is 5.13 Å². The van der Waals surface area contributed by atoms with Gasteiger partial charge in [-0.15, -0.1) is 11.3 Å². The summed E-state index contributed by atoms with van der Waals surface area (Å²) in [6, 6.07) is 1.08. The molecule has 0 spiro atoms. The van der Waals surface area contributed by atoms with Crippen LogP contribution in [-0.2, 0) is 6.18 Å². The second-order valence-electron chi connectivity index (χ2n) is 6.88. The minimum Gasteiger partial charge on any atom is -0.350 e. The van der Waals surface area contributed by atoms with Crippen LogP contribution in [0.2, 0.25) is 0 Å². The SMILES string of the molecule is O=C(Nc1nccs1)N1CCC(N(c2cc(C(F)(F)F)ncn2)C2CC2)CC1. The Kier molecular flexibility index (Phi) is 5.09. The quantitative estimate of drug-likeness (QED) is 0.830. The summed E-state index contributed by atoms with van der Waals surface area (Å²) in [5, 5.41) is 5.09. The molecule has 28 heavy (non-hydrogen) atoms. The molecule has 1 saturated heterocycles. The molecular weight excluding hydrogens is 393 g/mol. The van der Waals surface area contributed by atoms with Crippen LogP contribution in [0, 0.1) is 0 Å². The van der Waals surface area contributed by atoms with Crippen LogP contribution in [0.15, 0.2) is 24.0 Å². The number of rotatable bonds is 4. The first-order chi connectivity index (χ1) is 13.4. The number of aromatic nitrogens is 3. The Morgan fingerprint density at radius 3 is 2.46 bits per heavy atom. The van der Waals surface area contributed by atoms with Gasteiger partial charge in [0.2, 0.25) is 0 Å². The standard InChI is InChI=1S/C17H19F3N6OS/c18-17(19,20)13-9-14(23-10-22-13)26(11-1-2-11)12-3-6-25(7-4-12)16(27)24-15-21-5-8-28-15/h5,8-12H,1-4,6-7H2,(H,21,24,27). The molecule has 0 unspecified atom stereocenters. The van der Waals surface area contributed by atoms with Gasteiger partial charge in [0.05, 0.1) is 0 Å². The van der Waals surface area contributed by atoms with Crippen molar-refractivity contribution in [2.75, 3.05) is 23.3 Å². The molecular formula is C17H19F3N6OS. The summed E-state index contributed by atoms with van der Waals surface area (Å²) in [6.45, 7) is 1.06. The van der Waals surface area contributed by atoms with Crippen LogP contribution < -0.4 is 10.2 Å². The van der Waals surface area contributed by atoms with Crippen molar-refractivity contribution in [1.82, 2.24) is 19.9 Å². The average Bonchev–Trinajstić information content (AvgIpc) is 3.37. The number of thiazole rings is 1. The van der Waals surface area contributed by atoms with E-state index in [1.165, 1.54) is 11.3 Å². The van der Waals surface area contributed by atoms with Crippen molar-refractivity contribution < 1.29 is 18.0 Å². The third kappa shape index (κ3) is 4.18. The molecule has 3 heterocycles. The van der Waals surface area contributed by atoms with E-state index in [2.05, 4.69) is 20.3 Å². The van der Waals surface area contributed by atoms with Gasteiger partial charge in [0, 0.05) is 42.8 Å². The summed E-state index contributed by atoms with van der Waals surface area (Å²) in [6.07, 6.45) is 1.33. The van der Waals surface area contributed by atoms with Gasteiger partial charge in [-0.2, -0.15) is 13.2 Å². The lowest BCUT2D eigenvalue weighted by Crippen LogP contribution is -2.49. The lowest BCUT2D eigenvalue weighted by atomic mass is 10.0. The predicted octanol–water partition coefficient (Wildman–Crippen LogP) is 3.62. The zero-order chi connectivity index (χ0) is 19.7. The first-order valence-electron chi connectivity index (χ1n) is 9.05. The molecule has 2 aromatic heterocycles. The van der Waals surface area contributed by atoms with E-state index in [1.807, 2.05) is 4.90 Å². The maximum atomic E-state index is 13.0. The number of nitrogens with one attached hydrogen (secondary N) is 1. The molecule has 2 aliphatic rings. The highest BCUT2D eigenvalue weighted by molar-refractivity contribution is 7.13. The van der Waals surface area contributed by atoms with Crippen molar-refractivity contribution in [2.24, 2.45) is 0 Å².